The first-order chi connectivity index (χ1) is 11.0. The molecule has 0 aliphatic carbocycles. The Bertz CT molecular complexity index is 597. The van der Waals surface area contributed by atoms with Gasteiger partial charge in [-0.05, 0) is 13.0 Å². The van der Waals surface area contributed by atoms with Crippen molar-refractivity contribution in [1.29, 1.82) is 0 Å². The Morgan fingerprint density at radius 1 is 1.30 bits per heavy atom. The van der Waals surface area contributed by atoms with Gasteiger partial charge in [-0.1, -0.05) is 6.07 Å². The molecule has 0 unspecified atom stereocenters. The second-order valence-electron chi connectivity index (χ2n) is 6.44. The zero-order chi connectivity index (χ0) is 16.4. The lowest BCUT2D eigenvalue weighted by Crippen LogP contribution is -2.44. The molecule has 2 saturated heterocycles. The molecule has 0 spiro atoms. The van der Waals surface area contributed by atoms with Crippen molar-refractivity contribution in [2.24, 2.45) is 5.92 Å². The number of ether oxygens (including phenoxy) is 1. The molecular weight excluding hydrogens is 294 g/mol. The third-order valence-electron chi connectivity index (χ3n) is 4.59. The largest absolute Gasteiger partial charge is 0.474 e. The molecule has 1 aromatic rings. The minimum absolute atomic E-state index is 0.0621. The molecule has 0 saturated carbocycles. The molecule has 3 rings (SSSR count). The highest BCUT2D eigenvalue weighted by atomic mass is 16.5. The van der Waals surface area contributed by atoms with Crippen LogP contribution in [0.2, 0.25) is 0 Å². The molecular formula is C17H23N3O3. The van der Waals surface area contributed by atoms with Crippen LogP contribution in [0, 0.1) is 12.8 Å². The SMILES string of the molecule is Cc1cccc(OC2CCN(C(=O)[C@@H]3CC(=O)N(C)C3)CC2)n1. The highest BCUT2D eigenvalue weighted by Gasteiger charge is 2.36. The van der Waals surface area contributed by atoms with E-state index in [1.54, 1.807) is 11.9 Å². The van der Waals surface area contributed by atoms with E-state index in [4.69, 9.17) is 4.74 Å². The lowest BCUT2D eigenvalue weighted by molar-refractivity contribution is -0.137. The van der Waals surface area contributed by atoms with E-state index in [1.807, 2.05) is 30.0 Å². The summed E-state index contributed by atoms with van der Waals surface area (Å²) in [5.74, 6) is 0.642. The second kappa shape index (κ2) is 6.56. The van der Waals surface area contributed by atoms with Gasteiger partial charge in [-0.15, -0.1) is 0 Å². The van der Waals surface area contributed by atoms with Gasteiger partial charge in [-0.2, -0.15) is 0 Å². The highest BCUT2D eigenvalue weighted by Crippen LogP contribution is 2.22. The fourth-order valence-corrected chi connectivity index (χ4v) is 3.24. The fraction of sp³-hybridized carbons (Fsp3) is 0.588. The minimum atomic E-state index is -0.177. The van der Waals surface area contributed by atoms with Crippen LogP contribution in [0.3, 0.4) is 0 Å². The summed E-state index contributed by atoms with van der Waals surface area (Å²) in [6.45, 7) is 3.85. The second-order valence-corrected chi connectivity index (χ2v) is 6.44. The number of hydrogen-bond acceptors (Lipinski definition) is 4. The van der Waals surface area contributed by atoms with Crippen LogP contribution in [0.25, 0.3) is 0 Å². The van der Waals surface area contributed by atoms with E-state index in [1.165, 1.54) is 0 Å². The monoisotopic (exact) mass is 317 g/mol. The quantitative estimate of drug-likeness (QED) is 0.841. The van der Waals surface area contributed by atoms with Crippen molar-refractivity contribution >= 4 is 11.8 Å². The summed E-state index contributed by atoms with van der Waals surface area (Å²) in [6.07, 6.45) is 2.05. The molecule has 2 amide bonds. The number of pyridine rings is 1. The van der Waals surface area contributed by atoms with Crippen molar-refractivity contribution in [3.63, 3.8) is 0 Å². The maximum atomic E-state index is 12.5. The zero-order valence-electron chi connectivity index (χ0n) is 13.7. The van der Waals surface area contributed by atoms with Crippen molar-refractivity contribution in [2.45, 2.75) is 32.3 Å². The van der Waals surface area contributed by atoms with Crippen LogP contribution in [0.1, 0.15) is 25.0 Å². The third-order valence-corrected chi connectivity index (χ3v) is 4.59. The topological polar surface area (TPSA) is 62.7 Å². The van der Waals surface area contributed by atoms with E-state index in [0.717, 1.165) is 18.5 Å². The van der Waals surface area contributed by atoms with E-state index >= 15 is 0 Å². The number of aryl methyl sites for hydroxylation is 1. The van der Waals surface area contributed by atoms with E-state index in [9.17, 15) is 9.59 Å². The van der Waals surface area contributed by atoms with Gasteiger partial charge in [0.15, 0.2) is 0 Å². The molecule has 0 N–H and O–H groups in total. The number of nitrogens with zero attached hydrogens (tertiary/aromatic N) is 3. The number of hydrogen-bond donors (Lipinski definition) is 0. The molecule has 2 fully saturated rings. The molecule has 2 aliphatic heterocycles. The Balaban J connectivity index is 1.50. The Hall–Kier alpha value is -2.11. The third kappa shape index (κ3) is 3.63. The van der Waals surface area contributed by atoms with Crippen LogP contribution in [0.4, 0.5) is 0 Å². The van der Waals surface area contributed by atoms with Gasteiger partial charge in [0.25, 0.3) is 0 Å². The Morgan fingerprint density at radius 2 is 2.04 bits per heavy atom. The van der Waals surface area contributed by atoms with Gasteiger partial charge in [0, 0.05) is 57.7 Å². The van der Waals surface area contributed by atoms with Crippen LogP contribution < -0.4 is 4.74 Å². The number of piperidine rings is 1. The van der Waals surface area contributed by atoms with E-state index in [2.05, 4.69) is 4.98 Å². The van der Waals surface area contributed by atoms with Crippen molar-refractivity contribution in [3.05, 3.63) is 23.9 Å². The minimum Gasteiger partial charge on any atom is -0.474 e. The molecule has 1 aromatic heterocycles. The number of rotatable bonds is 3. The molecule has 124 valence electrons. The Morgan fingerprint density at radius 3 is 2.65 bits per heavy atom. The summed E-state index contributed by atoms with van der Waals surface area (Å²) in [4.78, 5) is 31.9. The lowest BCUT2D eigenvalue weighted by atomic mass is 10.0. The van der Waals surface area contributed by atoms with Gasteiger partial charge < -0.3 is 14.5 Å². The maximum Gasteiger partial charge on any atom is 0.227 e. The van der Waals surface area contributed by atoms with Crippen LogP contribution >= 0.6 is 0 Å². The molecule has 6 heteroatoms. The first-order valence-electron chi connectivity index (χ1n) is 8.16. The molecule has 0 bridgehead atoms. The molecule has 6 nitrogen and oxygen atoms in total. The van der Waals surface area contributed by atoms with Crippen LogP contribution in [0.5, 0.6) is 5.88 Å². The number of aromatic nitrogens is 1. The lowest BCUT2D eigenvalue weighted by Gasteiger charge is -2.33. The standard InChI is InChI=1S/C17H23N3O3/c1-12-4-3-5-15(18-12)23-14-6-8-20(9-7-14)17(22)13-10-16(21)19(2)11-13/h3-5,13-14H,6-11H2,1-2H3/t13-/m1/s1. The highest BCUT2D eigenvalue weighted by molar-refractivity contribution is 5.89. The fourth-order valence-electron chi connectivity index (χ4n) is 3.24. The number of amides is 2. The Labute approximate surface area is 136 Å². The first-order valence-corrected chi connectivity index (χ1v) is 8.16. The average molecular weight is 317 g/mol. The first kappa shape index (κ1) is 15.8. The average Bonchev–Trinajstić information content (AvgIpc) is 2.87. The van der Waals surface area contributed by atoms with Gasteiger partial charge >= 0.3 is 0 Å². The molecule has 1 atom stereocenters. The van der Waals surface area contributed by atoms with Crippen LogP contribution in [-0.4, -0.2) is 59.4 Å². The molecule has 0 radical (unpaired) electrons. The van der Waals surface area contributed by atoms with Crippen LogP contribution in [0.15, 0.2) is 18.2 Å². The molecule has 2 aliphatic rings. The van der Waals surface area contributed by atoms with Gasteiger partial charge in [-0.25, -0.2) is 4.98 Å². The van der Waals surface area contributed by atoms with Gasteiger partial charge in [0.1, 0.15) is 6.10 Å². The zero-order valence-corrected chi connectivity index (χ0v) is 13.7. The van der Waals surface area contributed by atoms with E-state index in [-0.39, 0.29) is 23.8 Å². The van der Waals surface area contributed by atoms with E-state index in [0.29, 0.717) is 31.9 Å². The molecule has 0 aromatic carbocycles. The Kier molecular flexibility index (Phi) is 4.50. The van der Waals surface area contributed by atoms with Gasteiger partial charge in [0.05, 0.1) is 5.92 Å². The molecule has 3 heterocycles. The van der Waals surface area contributed by atoms with Gasteiger partial charge in [-0.3, -0.25) is 9.59 Å². The normalized spacial score (nSPS) is 22.5. The van der Waals surface area contributed by atoms with Crippen molar-refractivity contribution in [2.75, 3.05) is 26.7 Å². The van der Waals surface area contributed by atoms with Gasteiger partial charge in [0.2, 0.25) is 17.7 Å². The van der Waals surface area contributed by atoms with Crippen molar-refractivity contribution in [3.8, 4) is 5.88 Å². The number of carbonyl (C=O) groups is 2. The predicted molar refractivity (Wildman–Crippen MR) is 84.9 cm³/mol. The predicted octanol–water partition coefficient (Wildman–Crippen LogP) is 1.24. The number of likely N-dealkylation sites (tertiary alicyclic amines) is 2. The molecule has 23 heavy (non-hydrogen) atoms. The summed E-state index contributed by atoms with van der Waals surface area (Å²) >= 11 is 0. The van der Waals surface area contributed by atoms with Crippen molar-refractivity contribution in [1.82, 2.24) is 14.8 Å². The van der Waals surface area contributed by atoms with Crippen LogP contribution in [-0.2, 0) is 9.59 Å². The summed E-state index contributed by atoms with van der Waals surface area (Å²) in [6, 6.07) is 5.74. The van der Waals surface area contributed by atoms with E-state index < -0.39 is 0 Å². The summed E-state index contributed by atoms with van der Waals surface area (Å²) in [5, 5.41) is 0. The van der Waals surface area contributed by atoms with Crippen molar-refractivity contribution < 1.29 is 14.3 Å². The summed E-state index contributed by atoms with van der Waals surface area (Å²) in [7, 11) is 1.75. The smallest absolute Gasteiger partial charge is 0.227 e. The summed E-state index contributed by atoms with van der Waals surface area (Å²) in [5.41, 5.74) is 0.935. The number of carbonyl (C=O) groups excluding carboxylic acids is 2. The maximum absolute atomic E-state index is 12.5. The summed E-state index contributed by atoms with van der Waals surface area (Å²) < 4.78 is 5.91.